The maximum absolute atomic E-state index is 12.8. The first-order valence-corrected chi connectivity index (χ1v) is 8.44. The molecule has 25 heavy (non-hydrogen) atoms. The predicted molar refractivity (Wildman–Crippen MR) is 102 cm³/mol. The van der Waals surface area contributed by atoms with Crippen LogP contribution in [0.5, 0.6) is 5.75 Å². The van der Waals surface area contributed by atoms with E-state index in [0.717, 1.165) is 16.3 Å². The van der Waals surface area contributed by atoms with E-state index in [0.29, 0.717) is 11.3 Å². The Morgan fingerprint density at radius 3 is 2.32 bits per heavy atom. The third-order valence-electron chi connectivity index (χ3n) is 4.55. The molecule has 0 radical (unpaired) electrons. The zero-order valence-electron chi connectivity index (χ0n) is 15.1. The summed E-state index contributed by atoms with van der Waals surface area (Å²) in [6.07, 6.45) is 0. The molecule has 1 atom stereocenters. The fourth-order valence-electron chi connectivity index (χ4n) is 3.23. The SMILES string of the molecule is COc1cc2ccccc2cc1C(=O)N[C@@H](C)c1ccc(C)cc1C. The molecule has 0 aliphatic heterocycles. The number of amides is 1. The molecule has 0 saturated heterocycles. The summed E-state index contributed by atoms with van der Waals surface area (Å²) in [5, 5.41) is 5.17. The van der Waals surface area contributed by atoms with Crippen LogP contribution >= 0.6 is 0 Å². The van der Waals surface area contributed by atoms with E-state index in [1.165, 1.54) is 11.1 Å². The second-order valence-corrected chi connectivity index (χ2v) is 6.45. The number of methoxy groups -OCH3 is 1. The summed E-state index contributed by atoms with van der Waals surface area (Å²) in [4.78, 5) is 12.8. The highest BCUT2D eigenvalue weighted by Crippen LogP contribution is 2.27. The highest BCUT2D eigenvalue weighted by molar-refractivity contribution is 6.01. The second kappa shape index (κ2) is 6.98. The van der Waals surface area contributed by atoms with Crippen molar-refractivity contribution in [2.75, 3.05) is 7.11 Å². The van der Waals surface area contributed by atoms with Gasteiger partial charge in [0.1, 0.15) is 5.75 Å². The number of benzene rings is 3. The van der Waals surface area contributed by atoms with E-state index in [9.17, 15) is 4.79 Å². The zero-order valence-corrected chi connectivity index (χ0v) is 15.1. The lowest BCUT2D eigenvalue weighted by Gasteiger charge is -2.18. The third-order valence-corrected chi connectivity index (χ3v) is 4.55. The van der Waals surface area contributed by atoms with Gasteiger partial charge in [-0.2, -0.15) is 0 Å². The van der Waals surface area contributed by atoms with E-state index in [4.69, 9.17) is 4.74 Å². The fourth-order valence-corrected chi connectivity index (χ4v) is 3.23. The monoisotopic (exact) mass is 333 g/mol. The Labute approximate surface area is 148 Å². The molecular formula is C22H23NO2. The molecule has 0 heterocycles. The molecule has 1 N–H and O–H groups in total. The molecule has 0 saturated carbocycles. The van der Waals surface area contributed by atoms with Crippen molar-refractivity contribution in [3.63, 3.8) is 0 Å². The molecule has 0 aromatic heterocycles. The predicted octanol–water partition coefficient (Wildman–Crippen LogP) is 4.96. The summed E-state index contributed by atoms with van der Waals surface area (Å²) in [6.45, 7) is 6.14. The lowest BCUT2D eigenvalue weighted by atomic mass is 9.99. The molecule has 1 amide bonds. The Hall–Kier alpha value is -2.81. The maximum Gasteiger partial charge on any atom is 0.255 e. The number of carbonyl (C=O) groups is 1. The van der Waals surface area contributed by atoms with Crippen LogP contribution in [0.1, 0.15) is 40.0 Å². The van der Waals surface area contributed by atoms with E-state index >= 15 is 0 Å². The largest absolute Gasteiger partial charge is 0.496 e. The number of ether oxygens (including phenoxy) is 1. The van der Waals surface area contributed by atoms with Crippen LogP contribution in [0.15, 0.2) is 54.6 Å². The van der Waals surface area contributed by atoms with E-state index in [2.05, 4.69) is 37.4 Å². The zero-order chi connectivity index (χ0) is 18.0. The number of hydrogen-bond acceptors (Lipinski definition) is 2. The Kier molecular flexibility index (Phi) is 4.75. The van der Waals surface area contributed by atoms with Gasteiger partial charge >= 0.3 is 0 Å². The van der Waals surface area contributed by atoms with Crippen LogP contribution in [0.25, 0.3) is 10.8 Å². The van der Waals surface area contributed by atoms with Crippen molar-refractivity contribution in [1.29, 1.82) is 0 Å². The van der Waals surface area contributed by atoms with Gasteiger partial charge in [-0.25, -0.2) is 0 Å². The van der Waals surface area contributed by atoms with Crippen LogP contribution in [0.2, 0.25) is 0 Å². The first kappa shape index (κ1) is 17.0. The molecule has 0 bridgehead atoms. The summed E-state index contributed by atoms with van der Waals surface area (Å²) in [7, 11) is 1.59. The van der Waals surface area contributed by atoms with Crippen LogP contribution < -0.4 is 10.1 Å². The van der Waals surface area contributed by atoms with Crippen molar-refractivity contribution in [3.05, 3.63) is 76.9 Å². The molecule has 3 aromatic rings. The van der Waals surface area contributed by atoms with E-state index in [1.807, 2.05) is 43.3 Å². The van der Waals surface area contributed by atoms with Crippen LogP contribution in [0.4, 0.5) is 0 Å². The van der Waals surface area contributed by atoms with Gasteiger partial charge in [-0.3, -0.25) is 4.79 Å². The van der Waals surface area contributed by atoms with Crippen LogP contribution in [-0.2, 0) is 0 Å². The summed E-state index contributed by atoms with van der Waals surface area (Å²) < 4.78 is 5.44. The summed E-state index contributed by atoms with van der Waals surface area (Å²) in [6, 6.07) is 18.0. The van der Waals surface area contributed by atoms with E-state index in [-0.39, 0.29) is 11.9 Å². The molecule has 3 nitrogen and oxygen atoms in total. The molecule has 0 spiro atoms. The minimum Gasteiger partial charge on any atom is -0.496 e. The van der Waals surface area contributed by atoms with Gasteiger partial charge in [0.15, 0.2) is 0 Å². The maximum atomic E-state index is 12.8. The third kappa shape index (κ3) is 3.50. The van der Waals surface area contributed by atoms with E-state index in [1.54, 1.807) is 7.11 Å². The Morgan fingerprint density at radius 2 is 1.68 bits per heavy atom. The quantitative estimate of drug-likeness (QED) is 0.733. The van der Waals surface area contributed by atoms with Crippen molar-refractivity contribution < 1.29 is 9.53 Å². The standard InChI is InChI=1S/C22H23NO2/c1-14-9-10-19(15(2)11-14)16(3)23-22(24)20-12-17-7-5-6-8-18(17)13-21(20)25-4/h5-13,16H,1-4H3,(H,23,24)/t16-/m0/s1. The van der Waals surface area contributed by atoms with Crippen molar-refractivity contribution >= 4 is 16.7 Å². The molecule has 0 aliphatic carbocycles. The smallest absolute Gasteiger partial charge is 0.255 e. The molecule has 0 unspecified atom stereocenters. The molecule has 0 aliphatic rings. The highest BCUT2D eigenvalue weighted by Gasteiger charge is 2.17. The minimum atomic E-state index is -0.130. The van der Waals surface area contributed by atoms with Crippen molar-refractivity contribution in [3.8, 4) is 5.75 Å². The molecule has 128 valence electrons. The molecule has 0 fully saturated rings. The fraction of sp³-hybridized carbons (Fsp3) is 0.227. The Morgan fingerprint density at radius 1 is 1.00 bits per heavy atom. The number of nitrogens with one attached hydrogen (secondary N) is 1. The van der Waals surface area contributed by atoms with Crippen molar-refractivity contribution in [1.82, 2.24) is 5.32 Å². The van der Waals surface area contributed by atoms with E-state index < -0.39 is 0 Å². The summed E-state index contributed by atoms with van der Waals surface area (Å²) in [5.41, 5.74) is 4.07. The van der Waals surface area contributed by atoms with Crippen molar-refractivity contribution in [2.24, 2.45) is 0 Å². The normalized spacial score (nSPS) is 12.0. The van der Waals surface area contributed by atoms with Gasteiger partial charge in [0.2, 0.25) is 0 Å². The van der Waals surface area contributed by atoms with Gasteiger partial charge in [0.25, 0.3) is 5.91 Å². The first-order valence-electron chi connectivity index (χ1n) is 8.44. The number of fused-ring (bicyclic) bond motifs is 1. The van der Waals surface area contributed by atoms with Crippen LogP contribution in [0.3, 0.4) is 0 Å². The van der Waals surface area contributed by atoms with Gasteiger partial charge in [0.05, 0.1) is 18.7 Å². The molecule has 3 heteroatoms. The number of hydrogen-bond donors (Lipinski definition) is 1. The lowest BCUT2D eigenvalue weighted by molar-refractivity contribution is 0.0937. The number of aryl methyl sites for hydroxylation is 2. The molecule has 3 aromatic carbocycles. The van der Waals surface area contributed by atoms with Crippen LogP contribution in [-0.4, -0.2) is 13.0 Å². The lowest BCUT2D eigenvalue weighted by Crippen LogP contribution is -2.27. The summed E-state index contributed by atoms with van der Waals surface area (Å²) in [5.74, 6) is 0.458. The average Bonchev–Trinajstić information content (AvgIpc) is 2.60. The van der Waals surface area contributed by atoms with Gasteiger partial charge in [-0.1, -0.05) is 48.0 Å². The number of rotatable bonds is 4. The topological polar surface area (TPSA) is 38.3 Å². The van der Waals surface area contributed by atoms with Crippen LogP contribution in [0, 0.1) is 13.8 Å². The molecular weight excluding hydrogens is 310 g/mol. The van der Waals surface area contributed by atoms with Gasteiger partial charge in [-0.05, 0) is 54.8 Å². The Balaban J connectivity index is 1.91. The second-order valence-electron chi connectivity index (χ2n) is 6.45. The van der Waals surface area contributed by atoms with Crippen molar-refractivity contribution in [2.45, 2.75) is 26.8 Å². The first-order chi connectivity index (χ1) is 12.0. The average molecular weight is 333 g/mol. The summed E-state index contributed by atoms with van der Waals surface area (Å²) >= 11 is 0. The van der Waals surface area contributed by atoms with Gasteiger partial charge in [0, 0.05) is 0 Å². The minimum absolute atomic E-state index is 0.0794. The highest BCUT2D eigenvalue weighted by atomic mass is 16.5. The van der Waals surface area contributed by atoms with Gasteiger partial charge < -0.3 is 10.1 Å². The Bertz CT molecular complexity index is 930. The molecule has 3 rings (SSSR count). The van der Waals surface area contributed by atoms with Gasteiger partial charge in [-0.15, -0.1) is 0 Å². The number of carbonyl (C=O) groups excluding carboxylic acids is 1.